The first-order valence-electron chi connectivity index (χ1n) is 8.82. The minimum absolute atomic E-state index is 0.377. The molecule has 1 unspecified atom stereocenters. The summed E-state index contributed by atoms with van der Waals surface area (Å²) >= 11 is 1.76. The maximum absolute atomic E-state index is 4.45. The minimum Gasteiger partial charge on any atom is -0.367 e. The van der Waals surface area contributed by atoms with E-state index in [0.29, 0.717) is 12.6 Å². The van der Waals surface area contributed by atoms with Crippen LogP contribution >= 0.6 is 11.3 Å². The molecule has 3 rings (SSSR count). The van der Waals surface area contributed by atoms with Crippen molar-refractivity contribution in [3.8, 4) is 0 Å². The molecule has 1 aliphatic heterocycles. The Hall–Kier alpha value is -2.09. The zero-order chi connectivity index (χ0) is 17.6. The summed E-state index contributed by atoms with van der Waals surface area (Å²) < 4.78 is 1.85. The summed E-state index contributed by atoms with van der Waals surface area (Å²) in [5.74, 6) is 0.839. The van der Waals surface area contributed by atoms with E-state index in [4.69, 9.17) is 0 Å². The fraction of sp³-hybridized carbons (Fsp3) is 0.588. The standard InChI is InChI=1S/C17H27N7S/c1-4-15-9-19-16(25-15)10-20-17(18-2)22-13-6-5-7-24(11-13)14-8-21-23(3)12-14/h8-9,12-13H,4-7,10-11H2,1-3H3,(H2,18,20,22). The van der Waals surface area contributed by atoms with E-state index in [0.717, 1.165) is 43.3 Å². The van der Waals surface area contributed by atoms with E-state index < -0.39 is 0 Å². The van der Waals surface area contributed by atoms with Crippen LogP contribution in [0, 0.1) is 0 Å². The van der Waals surface area contributed by atoms with Gasteiger partial charge in [-0.25, -0.2) is 4.98 Å². The number of nitrogens with one attached hydrogen (secondary N) is 2. The molecule has 8 heteroatoms. The van der Waals surface area contributed by atoms with Crippen molar-refractivity contribution >= 4 is 23.0 Å². The van der Waals surface area contributed by atoms with Crippen molar-refractivity contribution in [1.29, 1.82) is 0 Å². The molecule has 136 valence electrons. The van der Waals surface area contributed by atoms with Gasteiger partial charge in [0, 0.05) is 50.5 Å². The highest BCUT2D eigenvalue weighted by Gasteiger charge is 2.21. The van der Waals surface area contributed by atoms with Gasteiger partial charge in [-0.3, -0.25) is 9.67 Å². The van der Waals surface area contributed by atoms with Gasteiger partial charge in [-0.15, -0.1) is 11.3 Å². The average molecular weight is 362 g/mol. The van der Waals surface area contributed by atoms with Crippen molar-refractivity contribution in [3.63, 3.8) is 0 Å². The Balaban J connectivity index is 1.52. The molecule has 0 amide bonds. The second kappa shape index (κ2) is 8.33. The Labute approximate surface area is 153 Å². The van der Waals surface area contributed by atoms with E-state index in [9.17, 15) is 0 Å². The van der Waals surface area contributed by atoms with Crippen LogP contribution in [0.25, 0.3) is 0 Å². The van der Waals surface area contributed by atoms with E-state index >= 15 is 0 Å². The van der Waals surface area contributed by atoms with Crippen LogP contribution < -0.4 is 15.5 Å². The number of piperidine rings is 1. The van der Waals surface area contributed by atoms with Gasteiger partial charge in [-0.05, 0) is 19.3 Å². The summed E-state index contributed by atoms with van der Waals surface area (Å²) in [6.07, 6.45) is 9.32. The summed E-state index contributed by atoms with van der Waals surface area (Å²) in [6.45, 7) is 4.91. The Bertz CT molecular complexity index is 705. The zero-order valence-corrected chi connectivity index (χ0v) is 16.0. The molecule has 1 fully saturated rings. The third kappa shape index (κ3) is 4.72. The van der Waals surface area contributed by atoms with Crippen LogP contribution in [0.4, 0.5) is 5.69 Å². The lowest BCUT2D eigenvalue weighted by Crippen LogP contribution is -2.51. The Morgan fingerprint density at radius 1 is 1.44 bits per heavy atom. The molecule has 0 aromatic carbocycles. The van der Waals surface area contributed by atoms with Gasteiger partial charge in [-0.1, -0.05) is 6.92 Å². The van der Waals surface area contributed by atoms with E-state index in [-0.39, 0.29) is 0 Å². The van der Waals surface area contributed by atoms with Crippen LogP contribution in [-0.2, 0) is 20.0 Å². The fourth-order valence-electron chi connectivity index (χ4n) is 3.04. The number of hydrogen-bond donors (Lipinski definition) is 2. The van der Waals surface area contributed by atoms with Crippen molar-refractivity contribution in [2.75, 3.05) is 25.0 Å². The van der Waals surface area contributed by atoms with E-state index in [1.54, 1.807) is 11.3 Å². The van der Waals surface area contributed by atoms with Gasteiger partial charge in [0.2, 0.25) is 0 Å². The largest absolute Gasteiger partial charge is 0.367 e. The molecule has 1 atom stereocenters. The van der Waals surface area contributed by atoms with Gasteiger partial charge in [0.05, 0.1) is 18.4 Å². The number of thiazole rings is 1. The number of aliphatic imine (C=N–C) groups is 1. The zero-order valence-electron chi connectivity index (χ0n) is 15.2. The van der Waals surface area contributed by atoms with E-state index in [2.05, 4.69) is 43.7 Å². The van der Waals surface area contributed by atoms with Crippen molar-refractivity contribution in [2.24, 2.45) is 12.0 Å². The maximum atomic E-state index is 4.45. The third-order valence-corrected chi connectivity index (χ3v) is 5.54. The van der Waals surface area contributed by atoms with Crippen LogP contribution in [0.2, 0.25) is 0 Å². The molecular formula is C17H27N7S. The molecule has 2 N–H and O–H groups in total. The molecule has 3 heterocycles. The minimum atomic E-state index is 0.377. The lowest BCUT2D eigenvalue weighted by molar-refractivity contribution is 0.468. The second-order valence-electron chi connectivity index (χ2n) is 6.30. The van der Waals surface area contributed by atoms with E-state index in [1.165, 1.54) is 10.6 Å². The molecule has 2 aromatic rings. The van der Waals surface area contributed by atoms with Crippen molar-refractivity contribution in [1.82, 2.24) is 25.4 Å². The van der Waals surface area contributed by atoms with Gasteiger partial charge in [-0.2, -0.15) is 5.10 Å². The summed E-state index contributed by atoms with van der Waals surface area (Å²) in [6, 6.07) is 0.377. The molecular weight excluding hydrogens is 334 g/mol. The highest BCUT2D eigenvalue weighted by molar-refractivity contribution is 7.11. The molecule has 25 heavy (non-hydrogen) atoms. The number of anilines is 1. The normalized spacial score (nSPS) is 18.4. The maximum Gasteiger partial charge on any atom is 0.191 e. The Kier molecular flexibility index (Phi) is 5.91. The molecule has 1 aliphatic rings. The molecule has 2 aromatic heterocycles. The lowest BCUT2D eigenvalue weighted by Gasteiger charge is -2.34. The predicted molar refractivity (Wildman–Crippen MR) is 103 cm³/mol. The third-order valence-electron chi connectivity index (χ3n) is 4.40. The van der Waals surface area contributed by atoms with Crippen molar-refractivity contribution in [2.45, 2.75) is 38.8 Å². The van der Waals surface area contributed by atoms with Gasteiger partial charge >= 0.3 is 0 Å². The van der Waals surface area contributed by atoms with Crippen LogP contribution in [0.1, 0.15) is 29.7 Å². The first kappa shape index (κ1) is 17.7. The van der Waals surface area contributed by atoms with Crippen molar-refractivity contribution < 1.29 is 0 Å². The predicted octanol–water partition coefficient (Wildman–Crippen LogP) is 1.77. The van der Waals surface area contributed by atoms with Crippen LogP contribution in [0.5, 0.6) is 0 Å². The smallest absolute Gasteiger partial charge is 0.191 e. The second-order valence-corrected chi connectivity index (χ2v) is 7.50. The number of aryl methyl sites for hydroxylation is 2. The monoisotopic (exact) mass is 361 g/mol. The summed E-state index contributed by atoms with van der Waals surface area (Å²) in [5.41, 5.74) is 1.19. The summed E-state index contributed by atoms with van der Waals surface area (Å²) in [4.78, 5) is 12.5. The average Bonchev–Trinajstić information content (AvgIpc) is 3.27. The Morgan fingerprint density at radius 2 is 2.32 bits per heavy atom. The van der Waals surface area contributed by atoms with Gasteiger partial charge < -0.3 is 15.5 Å². The molecule has 0 spiro atoms. The van der Waals surface area contributed by atoms with Gasteiger partial charge in [0.1, 0.15) is 5.01 Å². The number of guanidine groups is 1. The molecule has 0 saturated carbocycles. The van der Waals surface area contributed by atoms with Crippen LogP contribution in [0.3, 0.4) is 0 Å². The molecule has 0 radical (unpaired) electrons. The van der Waals surface area contributed by atoms with Gasteiger partial charge in [0.15, 0.2) is 5.96 Å². The first-order chi connectivity index (χ1) is 12.2. The fourth-order valence-corrected chi connectivity index (χ4v) is 3.84. The summed E-state index contributed by atoms with van der Waals surface area (Å²) in [7, 11) is 3.77. The number of nitrogens with zero attached hydrogens (tertiary/aromatic N) is 5. The Morgan fingerprint density at radius 3 is 3.00 bits per heavy atom. The topological polar surface area (TPSA) is 70.4 Å². The molecule has 7 nitrogen and oxygen atoms in total. The number of aromatic nitrogens is 3. The van der Waals surface area contributed by atoms with Crippen LogP contribution in [-0.4, -0.2) is 46.9 Å². The number of rotatable bonds is 5. The SMILES string of the molecule is CCc1cnc(CNC(=NC)NC2CCCN(c3cnn(C)c3)C2)s1. The first-order valence-corrected chi connectivity index (χ1v) is 9.64. The quantitative estimate of drug-likeness (QED) is 0.627. The van der Waals surface area contributed by atoms with Gasteiger partial charge in [0.25, 0.3) is 0 Å². The number of hydrogen-bond acceptors (Lipinski definition) is 5. The van der Waals surface area contributed by atoms with E-state index in [1.807, 2.05) is 31.2 Å². The van der Waals surface area contributed by atoms with Crippen LogP contribution in [0.15, 0.2) is 23.6 Å². The highest BCUT2D eigenvalue weighted by atomic mass is 32.1. The highest BCUT2D eigenvalue weighted by Crippen LogP contribution is 2.19. The molecule has 0 aliphatic carbocycles. The van der Waals surface area contributed by atoms with Crippen molar-refractivity contribution in [3.05, 3.63) is 28.5 Å². The molecule has 1 saturated heterocycles. The summed E-state index contributed by atoms with van der Waals surface area (Å²) in [5, 5.41) is 12.3. The molecule has 0 bridgehead atoms. The lowest BCUT2D eigenvalue weighted by atomic mass is 10.1.